The molecule has 0 saturated heterocycles. The fourth-order valence-electron chi connectivity index (χ4n) is 1.68. The molecule has 0 aromatic heterocycles. The summed E-state index contributed by atoms with van der Waals surface area (Å²) in [6.45, 7) is 3.70. The number of phenolic OH excluding ortho intramolecular Hbond substituents is 1. The first kappa shape index (κ1) is 14.4. The van der Waals surface area contributed by atoms with E-state index in [0.717, 1.165) is 0 Å². The molecule has 0 spiro atoms. The molecule has 5 heteroatoms. The van der Waals surface area contributed by atoms with Gasteiger partial charge in [-0.25, -0.2) is 8.78 Å². The summed E-state index contributed by atoms with van der Waals surface area (Å²) in [5.74, 6) is -1.48. The SMILES string of the molecule is CC(C)c1cc(CCC(=O)O)c(O)c(C(F)F)c1. The van der Waals surface area contributed by atoms with E-state index >= 15 is 0 Å². The molecule has 0 aliphatic carbocycles. The van der Waals surface area contributed by atoms with Gasteiger partial charge in [0.15, 0.2) is 0 Å². The molecular formula is C13H16F2O3. The third-order valence-corrected chi connectivity index (χ3v) is 2.75. The number of halogens is 2. The highest BCUT2D eigenvalue weighted by Gasteiger charge is 2.18. The van der Waals surface area contributed by atoms with E-state index in [0.29, 0.717) is 5.56 Å². The third kappa shape index (κ3) is 3.42. The average molecular weight is 258 g/mol. The Bertz CT molecular complexity index is 442. The maximum Gasteiger partial charge on any atom is 0.303 e. The van der Waals surface area contributed by atoms with Gasteiger partial charge in [0, 0.05) is 6.42 Å². The van der Waals surface area contributed by atoms with Crippen LogP contribution in [0.15, 0.2) is 12.1 Å². The monoisotopic (exact) mass is 258 g/mol. The van der Waals surface area contributed by atoms with Gasteiger partial charge in [-0.15, -0.1) is 0 Å². The number of carbonyl (C=O) groups is 1. The van der Waals surface area contributed by atoms with Crippen molar-refractivity contribution in [3.63, 3.8) is 0 Å². The normalized spacial score (nSPS) is 11.2. The molecule has 0 heterocycles. The summed E-state index contributed by atoms with van der Waals surface area (Å²) in [5.41, 5.74) is 0.504. The van der Waals surface area contributed by atoms with Crippen molar-refractivity contribution in [1.29, 1.82) is 0 Å². The van der Waals surface area contributed by atoms with Gasteiger partial charge in [0.05, 0.1) is 5.56 Å². The predicted molar refractivity (Wildman–Crippen MR) is 63.1 cm³/mol. The molecule has 2 N–H and O–H groups in total. The zero-order chi connectivity index (χ0) is 13.9. The fourth-order valence-corrected chi connectivity index (χ4v) is 1.68. The van der Waals surface area contributed by atoms with Crippen LogP contribution in [-0.2, 0) is 11.2 Å². The molecule has 0 aliphatic heterocycles. The quantitative estimate of drug-likeness (QED) is 0.850. The van der Waals surface area contributed by atoms with Gasteiger partial charge in [0.2, 0.25) is 0 Å². The first-order valence-electron chi connectivity index (χ1n) is 5.68. The van der Waals surface area contributed by atoms with Crippen molar-refractivity contribution in [3.05, 3.63) is 28.8 Å². The summed E-state index contributed by atoms with van der Waals surface area (Å²) in [7, 11) is 0. The average Bonchev–Trinajstić information content (AvgIpc) is 2.26. The lowest BCUT2D eigenvalue weighted by Crippen LogP contribution is -2.01. The number of benzene rings is 1. The van der Waals surface area contributed by atoms with Gasteiger partial charge in [-0.05, 0) is 29.5 Å². The third-order valence-electron chi connectivity index (χ3n) is 2.75. The number of carboxylic acids is 1. The predicted octanol–water partition coefficient (Wildman–Crippen LogP) is 3.47. The first-order chi connectivity index (χ1) is 8.32. The summed E-state index contributed by atoms with van der Waals surface area (Å²) in [5, 5.41) is 18.3. The minimum absolute atomic E-state index is 0.0340. The topological polar surface area (TPSA) is 57.5 Å². The number of hydrogen-bond donors (Lipinski definition) is 2. The number of hydrogen-bond acceptors (Lipinski definition) is 2. The number of carboxylic acid groups (broad SMARTS) is 1. The van der Waals surface area contributed by atoms with E-state index in [1.54, 1.807) is 6.07 Å². The zero-order valence-corrected chi connectivity index (χ0v) is 10.3. The molecule has 0 aliphatic rings. The highest BCUT2D eigenvalue weighted by atomic mass is 19.3. The van der Waals surface area contributed by atoms with Crippen LogP contribution < -0.4 is 0 Å². The Morgan fingerprint density at radius 3 is 2.39 bits per heavy atom. The van der Waals surface area contributed by atoms with E-state index < -0.39 is 23.7 Å². The standard InChI is InChI=1S/C13H16F2O3/c1-7(2)9-5-8(3-4-11(16)17)12(18)10(6-9)13(14)15/h5-7,13,18H,3-4H2,1-2H3,(H,16,17). The van der Waals surface area contributed by atoms with E-state index in [1.807, 2.05) is 13.8 Å². The Kier molecular flexibility index (Phi) is 4.64. The van der Waals surface area contributed by atoms with Crippen molar-refractivity contribution in [2.75, 3.05) is 0 Å². The molecule has 3 nitrogen and oxygen atoms in total. The molecule has 0 unspecified atom stereocenters. The highest BCUT2D eigenvalue weighted by molar-refractivity contribution is 5.67. The van der Waals surface area contributed by atoms with Crippen LogP contribution in [0.25, 0.3) is 0 Å². The summed E-state index contributed by atoms with van der Waals surface area (Å²) >= 11 is 0. The number of aryl methyl sites for hydroxylation is 1. The second-order valence-electron chi connectivity index (χ2n) is 4.47. The number of aliphatic carboxylic acids is 1. The van der Waals surface area contributed by atoms with Crippen molar-refractivity contribution < 1.29 is 23.8 Å². The number of rotatable bonds is 5. The summed E-state index contributed by atoms with van der Waals surface area (Å²) < 4.78 is 25.5. The van der Waals surface area contributed by atoms with E-state index in [2.05, 4.69) is 0 Å². The van der Waals surface area contributed by atoms with Crippen LogP contribution in [0.3, 0.4) is 0 Å². The van der Waals surface area contributed by atoms with Gasteiger partial charge in [0.1, 0.15) is 5.75 Å². The Labute approximate surface area is 104 Å². The van der Waals surface area contributed by atoms with Crippen molar-refractivity contribution >= 4 is 5.97 Å². The van der Waals surface area contributed by atoms with Crippen LogP contribution in [-0.4, -0.2) is 16.2 Å². The second kappa shape index (κ2) is 5.80. The lowest BCUT2D eigenvalue weighted by molar-refractivity contribution is -0.136. The molecule has 18 heavy (non-hydrogen) atoms. The fraction of sp³-hybridized carbons (Fsp3) is 0.462. The smallest absolute Gasteiger partial charge is 0.303 e. The summed E-state index contributed by atoms with van der Waals surface area (Å²) in [6.07, 6.45) is -2.92. The van der Waals surface area contributed by atoms with Crippen LogP contribution in [0.5, 0.6) is 5.75 Å². The Hall–Kier alpha value is -1.65. The molecule has 1 rings (SSSR count). The Morgan fingerprint density at radius 1 is 1.33 bits per heavy atom. The number of aromatic hydroxyl groups is 1. The van der Waals surface area contributed by atoms with Gasteiger partial charge in [-0.3, -0.25) is 4.79 Å². The summed E-state index contributed by atoms with van der Waals surface area (Å²) in [6, 6.07) is 2.86. The van der Waals surface area contributed by atoms with Crippen molar-refractivity contribution in [2.24, 2.45) is 0 Å². The molecule has 0 atom stereocenters. The summed E-state index contributed by atoms with van der Waals surface area (Å²) in [4.78, 5) is 10.5. The van der Waals surface area contributed by atoms with Crippen molar-refractivity contribution in [3.8, 4) is 5.75 Å². The van der Waals surface area contributed by atoms with Crippen LogP contribution in [0.4, 0.5) is 8.78 Å². The lowest BCUT2D eigenvalue weighted by Gasteiger charge is -2.14. The van der Waals surface area contributed by atoms with Gasteiger partial charge in [0.25, 0.3) is 6.43 Å². The maximum absolute atomic E-state index is 12.8. The van der Waals surface area contributed by atoms with E-state index in [-0.39, 0.29) is 24.3 Å². The molecule has 0 amide bonds. The van der Waals surface area contributed by atoms with E-state index in [4.69, 9.17) is 5.11 Å². The number of phenols is 1. The minimum Gasteiger partial charge on any atom is -0.507 e. The molecular weight excluding hydrogens is 242 g/mol. The van der Waals surface area contributed by atoms with Crippen LogP contribution in [0.1, 0.15) is 49.3 Å². The maximum atomic E-state index is 12.8. The Morgan fingerprint density at radius 2 is 1.94 bits per heavy atom. The Balaban J connectivity index is 3.18. The van der Waals surface area contributed by atoms with Crippen LogP contribution in [0, 0.1) is 0 Å². The minimum atomic E-state index is -2.77. The molecule has 100 valence electrons. The molecule has 1 aromatic rings. The van der Waals surface area contributed by atoms with Crippen LogP contribution >= 0.6 is 0 Å². The van der Waals surface area contributed by atoms with Gasteiger partial charge in [-0.2, -0.15) is 0 Å². The molecule has 1 aromatic carbocycles. The van der Waals surface area contributed by atoms with Gasteiger partial charge in [-0.1, -0.05) is 19.9 Å². The van der Waals surface area contributed by atoms with Crippen LogP contribution in [0.2, 0.25) is 0 Å². The van der Waals surface area contributed by atoms with Gasteiger partial charge < -0.3 is 10.2 Å². The van der Waals surface area contributed by atoms with Crippen molar-refractivity contribution in [1.82, 2.24) is 0 Å². The first-order valence-corrected chi connectivity index (χ1v) is 5.68. The molecule has 0 fully saturated rings. The zero-order valence-electron chi connectivity index (χ0n) is 10.3. The lowest BCUT2D eigenvalue weighted by atomic mass is 9.95. The van der Waals surface area contributed by atoms with Crippen molar-refractivity contribution in [2.45, 2.75) is 39.0 Å². The number of alkyl halides is 2. The molecule has 0 saturated carbocycles. The second-order valence-corrected chi connectivity index (χ2v) is 4.47. The van der Waals surface area contributed by atoms with Gasteiger partial charge >= 0.3 is 5.97 Å². The largest absolute Gasteiger partial charge is 0.507 e. The van der Waals surface area contributed by atoms with E-state index in [1.165, 1.54) is 6.07 Å². The molecule has 0 radical (unpaired) electrons. The van der Waals surface area contributed by atoms with E-state index in [9.17, 15) is 18.7 Å². The molecule has 0 bridgehead atoms. The highest BCUT2D eigenvalue weighted by Crippen LogP contribution is 2.35.